The van der Waals surface area contributed by atoms with Crippen LogP contribution < -0.4 is 10.6 Å². The lowest BCUT2D eigenvalue weighted by molar-refractivity contribution is -0.116. The van der Waals surface area contributed by atoms with Gasteiger partial charge in [-0.3, -0.25) is 9.69 Å². The van der Waals surface area contributed by atoms with Gasteiger partial charge in [-0.1, -0.05) is 19.1 Å². The molecule has 0 saturated carbocycles. The molecule has 4 rings (SSSR count). The van der Waals surface area contributed by atoms with E-state index in [1.54, 1.807) is 22.7 Å². The third-order valence-electron chi connectivity index (χ3n) is 6.12. The molecule has 1 aromatic carbocycles. The Hall–Kier alpha value is -2.49. The average molecular weight is 501 g/mol. The second-order valence-electron chi connectivity index (χ2n) is 8.90. The van der Waals surface area contributed by atoms with Crippen molar-refractivity contribution in [3.05, 3.63) is 34.7 Å². The number of para-hydroxylation sites is 1. The molecule has 2 aromatic heterocycles. The summed E-state index contributed by atoms with van der Waals surface area (Å²) in [5.74, 6) is -0.169. The van der Waals surface area contributed by atoms with Crippen molar-refractivity contribution in [3.8, 4) is 10.6 Å². The zero-order valence-corrected chi connectivity index (χ0v) is 21.8. The van der Waals surface area contributed by atoms with Crippen LogP contribution in [0.1, 0.15) is 51.0 Å². The largest absolute Gasteiger partial charge is 0.449 e. The monoisotopic (exact) mass is 500 g/mol. The van der Waals surface area contributed by atoms with Gasteiger partial charge >= 0.3 is 6.09 Å². The lowest BCUT2D eigenvalue weighted by atomic mass is 10.0. The highest BCUT2D eigenvalue weighted by atomic mass is 32.1. The predicted octanol–water partition coefficient (Wildman–Crippen LogP) is 5.64. The minimum atomic E-state index is -0.488. The van der Waals surface area contributed by atoms with E-state index in [2.05, 4.69) is 35.4 Å². The molecule has 1 aliphatic heterocycles. The molecule has 0 spiro atoms. The van der Waals surface area contributed by atoms with Crippen LogP contribution in [0.3, 0.4) is 0 Å². The summed E-state index contributed by atoms with van der Waals surface area (Å²) < 4.78 is 6.31. The number of ether oxygens (including phenoxy) is 1. The standard InChI is InChI=1S/C25H32N4O3S2/c1-5-16(4)26-25(31)32-13-11-21(30)28-24-22(23-27-18-8-6-7-9-19(18)33-23)17-10-12-29(15(2)3)14-20(17)34-24/h6-9,15-16H,5,10-14H2,1-4H3,(H,26,31)(H,28,30). The average Bonchev–Trinajstić information content (AvgIpc) is 3.38. The Balaban J connectivity index is 1.53. The van der Waals surface area contributed by atoms with Gasteiger partial charge in [0.2, 0.25) is 5.91 Å². The molecule has 1 atom stereocenters. The van der Waals surface area contributed by atoms with Gasteiger partial charge in [0.15, 0.2) is 0 Å². The minimum Gasteiger partial charge on any atom is -0.449 e. The van der Waals surface area contributed by atoms with E-state index in [0.29, 0.717) is 6.04 Å². The number of thiophene rings is 1. The highest BCUT2D eigenvalue weighted by Gasteiger charge is 2.28. The number of thiazole rings is 1. The highest BCUT2D eigenvalue weighted by Crippen LogP contribution is 2.45. The van der Waals surface area contributed by atoms with Gasteiger partial charge in [-0.15, -0.1) is 22.7 Å². The number of hydrogen-bond donors (Lipinski definition) is 2. The second kappa shape index (κ2) is 10.8. The number of benzene rings is 1. The van der Waals surface area contributed by atoms with Gasteiger partial charge in [0.05, 0.1) is 16.6 Å². The number of anilines is 1. The first-order chi connectivity index (χ1) is 16.4. The van der Waals surface area contributed by atoms with E-state index in [0.717, 1.165) is 51.7 Å². The minimum absolute atomic E-state index is 0.0385. The number of rotatable bonds is 8. The lowest BCUT2D eigenvalue weighted by Gasteiger charge is -2.30. The normalized spacial score (nSPS) is 14.7. The zero-order chi connectivity index (χ0) is 24.2. The van der Waals surface area contributed by atoms with E-state index >= 15 is 0 Å². The molecule has 9 heteroatoms. The summed E-state index contributed by atoms with van der Waals surface area (Å²) in [5.41, 5.74) is 3.31. The number of nitrogens with one attached hydrogen (secondary N) is 2. The predicted molar refractivity (Wildman–Crippen MR) is 140 cm³/mol. The molecule has 0 fully saturated rings. The molecule has 1 unspecified atom stereocenters. The first-order valence-electron chi connectivity index (χ1n) is 11.8. The molecule has 0 saturated heterocycles. The fraction of sp³-hybridized carbons (Fsp3) is 0.480. The number of carbonyl (C=O) groups excluding carboxylic acids is 2. The van der Waals surface area contributed by atoms with Crippen molar-refractivity contribution in [1.82, 2.24) is 15.2 Å². The Kier molecular flexibility index (Phi) is 7.85. The summed E-state index contributed by atoms with van der Waals surface area (Å²) in [4.78, 5) is 33.2. The van der Waals surface area contributed by atoms with Crippen LogP contribution >= 0.6 is 22.7 Å². The molecule has 34 heavy (non-hydrogen) atoms. The summed E-state index contributed by atoms with van der Waals surface area (Å²) >= 11 is 3.30. The molecule has 0 aliphatic carbocycles. The molecule has 1 aliphatic rings. The number of alkyl carbamates (subject to hydrolysis) is 1. The molecule has 7 nitrogen and oxygen atoms in total. The van der Waals surface area contributed by atoms with Gasteiger partial charge in [0, 0.05) is 35.6 Å². The summed E-state index contributed by atoms with van der Waals surface area (Å²) in [6.07, 6.45) is 1.37. The molecule has 2 amide bonds. The summed E-state index contributed by atoms with van der Waals surface area (Å²) in [5, 5.41) is 7.61. The maximum absolute atomic E-state index is 12.8. The molecule has 182 valence electrons. The van der Waals surface area contributed by atoms with Gasteiger partial charge in [0.25, 0.3) is 0 Å². The second-order valence-corrected chi connectivity index (χ2v) is 11.0. The molecule has 3 heterocycles. The first-order valence-corrected chi connectivity index (χ1v) is 13.5. The van der Waals surface area contributed by atoms with E-state index in [1.165, 1.54) is 10.4 Å². The van der Waals surface area contributed by atoms with Gasteiger partial charge in [0.1, 0.15) is 16.6 Å². The zero-order valence-electron chi connectivity index (χ0n) is 20.1. The molecular formula is C25H32N4O3S2. The Morgan fingerprint density at radius 1 is 1.21 bits per heavy atom. The summed E-state index contributed by atoms with van der Waals surface area (Å²) in [6.45, 7) is 10.2. The van der Waals surface area contributed by atoms with Crippen LogP contribution in [0.4, 0.5) is 9.80 Å². The maximum atomic E-state index is 12.8. The van der Waals surface area contributed by atoms with E-state index in [4.69, 9.17) is 9.72 Å². The van der Waals surface area contributed by atoms with Crippen LogP contribution in [0.5, 0.6) is 0 Å². The van der Waals surface area contributed by atoms with Gasteiger partial charge in [-0.2, -0.15) is 0 Å². The Labute approximate surface area is 208 Å². The van der Waals surface area contributed by atoms with Crippen molar-refractivity contribution < 1.29 is 14.3 Å². The third kappa shape index (κ3) is 5.59. The number of aromatic nitrogens is 1. The van der Waals surface area contributed by atoms with Crippen molar-refractivity contribution in [2.75, 3.05) is 18.5 Å². The first kappa shape index (κ1) is 24.6. The van der Waals surface area contributed by atoms with Crippen LogP contribution in [0, 0.1) is 0 Å². The topological polar surface area (TPSA) is 83.6 Å². The number of nitrogens with zero attached hydrogens (tertiary/aromatic N) is 2. The van der Waals surface area contributed by atoms with E-state index < -0.39 is 6.09 Å². The smallest absolute Gasteiger partial charge is 0.407 e. The Morgan fingerprint density at radius 2 is 2.00 bits per heavy atom. The van der Waals surface area contributed by atoms with Crippen molar-refractivity contribution in [2.24, 2.45) is 0 Å². The maximum Gasteiger partial charge on any atom is 0.407 e. The van der Waals surface area contributed by atoms with E-state index in [9.17, 15) is 9.59 Å². The van der Waals surface area contributed by atoms with E-state index in [1.807, 2.05) is 32.0 Å². The molecule has 2 N–H and O–H groups in total. The summed E-state index contributed by atoms with van der Waals surface area (Å²) in [7, 11) is 0. The van der Waals surface area contributed by atoms with Crippen LogP contribution in [-0.4, -0.2) is 47.1 Å². The Morgan fingerprint density at radius 3 is 2.74 bits per heavy atom. The fourth-order valence-electron chi connectivity index (χ4n) is 3.93. The van der Waals surface area contributed by atoms with Crippen LogP contribution in [-0.2, 0) is 22.5 Å². The van der Waals surface area contributed by atoms with Crippen molar-refractivity contribution in [3.63, 3.8) is 0 Å². The summed E-state index contributed by atoms with van der Waals surface area (Å²) in [6, 6.07) is 8.63. The van der Waals surface area contributed by atoms with Crippen LogP contribution in [0.2, 0.25) is 0 Å². The van der Waals surface area contributed by atoms with Crippen molar-refractivity contribution in [1.29, 1.82) is 0 Å². The number of carbonyl (C=O) groups is 2. The fourth-order valence-corrected chi connectivity index (χ4v) is 6.33. The lowest BCUT2D eigenvalue weighted by Crippen LogP contribution is -2.35. The Bertz CT molecular complexity index is 1140. The SMILES string of the molecule is CCC(C)NC(=O)OCCC(=O)Nc1sc2c(c1-c1nc3ccccc3s1)CCN(C(C)C)C2. The van der Waals surface area contributed by atoms with Gasteiger partial charge in [-0.05, 0) is 51.3 Å². The van der Waals surface area contributed by atoms with Gasteiger partial charge in [-0.25, -0.2) is 9.78 Å². The quantitative estimate of drug-likeness (QED) is 0.418. The number of fused-ring (bicyclic) bond motifs is 2. The highest BCUT2D eigenvalue weighted by molar-refractivity contribution is 7.22. The molecular weight excluding hydrogens is 468 g/mol. The molecule has 0 radical (unpaired) electrons. The third-order valence-corrected chi connectivity index (χ3v) is 8.30. The number of amides is 2. The van der Waals surface area contributed by atoms with Crippen molar-refractivity contribution >= 4 is 49.9 Å². The number of hydrogen-bond acceptors (Lipinski definition) is 7. The van der Waals surface area contributed by atoms with Crippen LogP contribution in [0.25, 0.3) is 20.8 Å². The van der Waals surface area contributed by atoms with Crippen LogP contribution in [0.15, 0.2) is 24.3 Å². The molecule has 0 bridgehead atoms. The molecule has 3 aromatic rings. The van der Waals surface area contributed by atoms with E-state index in [-0.39, 0.29) is 25.0 Å². The van der Waals surface area contributed by atoms with Crippen molar-refractivity contribution in [2.45, 2.75) is 65.6 Å². The van der Waals surface area contributed by atoms with Gasteiger partial charge < -0.3 is 15.4 Å².